The molecule has 0 aromatic heterocycles. The highest BCUT2D eigenvalue weighted by molar-refractivity contribution is 5.89. The molecular weight excluding hydrogens is 128 g/mol. The largest absolute Gasteiger partial charge is 0.341 e. The van der Waals surface area contributed by atoms with Gasteiger partial charge in [-0.25, -0.2) is 0 Å². The van der Waals surface area contributed by atoms with E-state index >= 15 is 0 Å². The molecule has 0 atom stereocenters. The van der Waals surface area contributed by atoms with Crippen LogP contribution in [0, 0.1) is 0 Å². The maximum atomic E-state index is 11.3. The standard InChI is InChI=1S/C7H12N2O/c8-7(2-3-7)6(10)9-4-1-5-9/h1-5,8H2. The molecule has 1 aliphatic carbocycles. The highest BCUT2D eigenvalue weighted by Crippen LogP contribution is 2.35. The summed E-state index contributed by atoms with van der Waals surface area (Å²) in [6.45, 7) is 1.86. The summed E-state index contributed by atoms with van der Waals surface area (Å²) in [7, 11) is 0. The van der Waals surface area contributed by atoms with Gasteiger partial charge in [0, 0.05) is 13.1 Å². The molecule has 3 nitrogen and oxygen atoms in total. The van der Waals surface area contributed by atoms with Gasteiger partial charge in [0.25, 0.3) is 0 Å². The van der Waals surface area contributed by atoms with Crippen LogP contribution in [0.2, 0.25) is 0 Å². The number of carbonyl (C=O) groups excluding carboxylic acids is 1. The van der Waals surface area contributed by atoms with Crippen LogP contribution in [-0.2, 0) is 4.79 Å². The van der Waals surface area contributed by atoms with Crippen LogP contribution >= 0.6 is 0 Å². The molecule has 2 N–H and O–H groups in total. The second-order valence-electron chi connectivity index (χ2n) is 3.30. The van der Waals surface area contributed by atoms with Crippen molar-refractivity contribution in [3.63, 3.8) is 0 Å². The van der Waals surface area contributed by atoms with Gasteiger partial charge >= 0.3 is 0 Å². The third-order valence-corrected chi connectivity index (χ3v) is 2.36. The summed E-state index contributed by atoms with van der Waals surface area (Å²) in [4.78, 5) is 13.2. The minimum Gasteiger partial charge on any atom is -0.341 e. The van der Waals surface area contributed by atoms with E-state index < -0.39 is 5.54 Å². The molecule has 2 rings (SSSR count). The van der Waals surface area contributed by atoms with Crippen molar-refractivity contribution in [3.05, 3.63) is 0 Å². The van der Waals surface area contributed by atoms with E-state index in [1.165, 1.54) is 0 Å². The number of hydrogen-bond donors (Lipinski definition) is 1. The van der Waals surface area contributed by atoms with Crippen LogP contribution in [0.5, 0.6) is 0 Å². The fourth-order valence-corrected chi connectivity index (χ4v) is 1.18. The Kier molecular flexibility index (Phi) is 1.06. The van der Waals surface area contributed by atoms with Gasteiger partial charge in [0.2, 0.25) is 5.91 Å². The maximum Gasteiger partial charge on any atom is 0.242 e. The predicted molar refractivity (Wildman–Crippen MR) is 37.3 cm³/mol. The van der Waals surface area contributed by atoms with E-state index in [4.69, 9.17) is 5.73 Å². The fraction of sp³-hybridized carbons (Fsp3) is 0.857. The molecule has 2 aliphatic rings. The Morgan fingerprint density at radius 2 is 2.00 bits per heavy atom. The normalized spacial score (nSPS) is 27.5. The number of rotatable bonds is 1. The Morgan fingerprint density at radius 1 is 1.40 bits per heavy atom. The molecule has 10 heavy (non-hydrogen) atoms. The lowest BCUT2D eigenvalue weighted by Crippen LogP contribution is -2.51. The Labute approximate surface area is 60.2 Å². The monoisotopic (exact) mass is 140 g/mol. The molecule has 0 unspecified atom stereocenters. The third-order valence-electron chi connectivity index (χ3n) is 2.36. The first-order chi connectivity index (χ1) is 4.72. The van der Waals surface area contributed by atoms with E-state index in [0.717, 1.165) is 32.4 Å². The zero-order chi connectivity index (χ0) is 7.19. The van der Waals surface area contributed by atoms with E-state index in [2.05, 4.69) is 0 Å². The molecule has 1 saturated carbocycles. The first-order valence-electron chi connectivity index (χ1n) is 3.81. The van der Waals surface area contributed by atoms with Crippen molar-refractivity contribution in [2.24, 2.45) is 5.73 Å². The molecular formula is C7H12N2O. The van der Waals surface area contributed by atoms with Crippen LogP contribution in [0.15, 0.2) is 0 Å². The fourth-order valence-electron chi connectivity index (χ4n) is 1.18. The van der Waals surface area contributed by atoms with Crippen molar-refractivity contribution in [2.45, 2.75) is 24.8 Å². The van der Waals surface area contributed by atoms with Crippen molar-refractivity contribution in [1.82, 2.24) is 4.90 Å². The number of amides is 1. The minimum atomic E-state index is -0.430. The van der Waals surface area contributed by atoms with Crippen molar-refractivity contribution < 1.29 is 4.79 Å². The lowest BCUT2D eigenvalue weighted by atomic mass is 10.1. The third kappa shape index (κ3) is 0.736. The molecule has 2 fully saturated rings. The van der Waals surface area contributed by atoms with Gasteiger partial charge in [-0.2, -0.15) is 0 Å². The molecule has 0 spiro atoms. The average Bonchev–Trinajstić information content (AvgIpc) is 2.44. The highest BCUT2D eigenvalue weighted by atomic mass is 16.2. The summed E-state index contributed by atoms with van der Waals surface area (Å²) < 4.78 is 0. The number of carbonyl (C=O) groups is 1. The van der Waals surface area contributed by atoms with Crippen molar-refractivity contribution in [3.8, 4) is 0 Å². The van der Waals surface area contributed by atoms with Crippen LogP contribution in [0.3, 0.4) is 0 Å². The van der Waals surface area contributed by atoms with E-state index in [-0.39, 0.29) is 5.91 Å². The van der Waals surface area contributed by atoms with Gasteiger partial charge in [-0.15, -0.1) is 0 Å². The molecule has 1 saturated heterocycles. The average molecular weight is 140 g/mol. The van der Waals surface area contributed by atoms with Gasteiger partial charge in [0.15, 0.2) is 0 Å². The zero-order valence-electron chi connectivity index (χ0n) is 5.97. The number of likely N-dealkylation sites (tertiary alicyclic amines) is 1. The van der Waals surface area contributed by atoms with E-state index in [1.807, 2.05) is 4.90 Å². The topological polar surface area (TPSA) is 46.3 Å². The summed E-state index contributed by atoms with van der Waals surface area (Å²) >= 11 is 0. The van der Waals surface area contributed by atoms with E-state index in [0.29, 0.717) is 0 Å². The molecule has 3 heteroatoms. The molecule has 0 aromatic carbocycles. The summed E-state index contributed by atoms with van der Waals surface area (Å²) in [6, 6.07) is 0. The minimum absolute atomic E-state index is 0.179. The first-order valence-corrected chi connectivity index (χ1v) is 3.81. The molecule has 1 heterocycles. The Bertz CT molecular complexity index is 170. The Balaban J connectivity index is 1.97. The van der Waals surface area contributed by atoms with Crippen LogP contribution < -0.4 is 5.73 Å². The second kappa shape index (κ2) is 1.72. The summed E-state index contributed by atoms with van der Waals surface area (Å²) in [5.41, 5.74) is 5.28. The van der Waals surface area contributed by atoms with Crippen molar-refractivity contribution in [1.29, 1.82) is 0 Å². The predicted octanol–water partition coefficient (Wildman–Crippen LogP) is -0.290. The van der Waals surface area contributed by atoms with Crippen molar-refractivity contribution >= 4 is 5.91 Å². The Morgan fingerprint density at radius 3 is 2.30 bits per heavy atom. The first kappa shape index (κ1) is 6.16. The highest BCUT2D eigenvalue weighted by Gasteiger charge is 2.48. The van der Waals surface area contributed by atoms with Crippen LogP contribution in [-0.4, -0.2) is 29.4 Å². The van der Waals surface area contributed by atoms with Crippen LogP contribution in [0.1, 0.15) is 19.3 Å². The van der Waals surface area contributed by atoms with Gasteiger partial charge in [0.05, 0.1) is 5.54 Å². The molecule has 56 valence electrons. The van der Waals surface area contributed by atoms with Gasteiger partial charge in [0.1, 0.15) is 0 Å². The summed E-state index contributed by atoms with van der Waals surface area (Å²) in [5, 5.41) is 0. The van der Waals surface area contributed by atoms with E-state index in [1.54, 1.807) is 0 Å². The second-order valence-corrected chi connectivity index (χ2v) is 3.30. The van der Waals surface area contributed by atoms with E-state index in [9.17, 15) is 4.79 Å². The molecule has 0 aromatic rings. The summed E-state index contributed by atoms with van der Waals surface area (Å²) in [6.07, 6.45) is 2.94. The molecule has 1 amide bonds. The lowest BCUT2D eigenvalue weighted by molar-refractivity contribution is -0.137. The van der Waals surface area contributed by atoms with Crippen molar-refractivity contribution in [2.75, 3.05) is 13.1 Å². The number of nitrogens with zero attached hydrogens (tertiary/aromatic N) is 1. The van der Waals surface area contributed by atoms with Gasteiger partial charge in [-0.1, -0.05) is 0 Å². The number of nitrogens with two attached hydrogens (primary N) is 1. The number of hydrogen-bond acceptors (Lipinski definition) is 2. The smallest absolute Gasteiger partial charge is 0.242 e. The van der Waals surface area contributed by atoms with Crippen LogP contribution in [0.4, 0.5) is 0 Å². The Hall–Kier alpha value is -0.570. The van der Waals surface area contributed by atoms with Gasteiger partial charge < -0.3 is 10.6 Å². The molecule has 0 radical (unpaired) electrons. The van der Waals surface area contributed by atoms with Crippen LogP contribution in [0.25, 0.3) is 0 Å². The maximum absolute atomic E-state index is 11.3. The van der Waals surface area contributed by atoms with Gasteiger partial charge in [-0.05, 0) is 19.3 Å². The molecule has 1 aliphatic heterocycles. The molecule has 0 bridgehead atoms. The quantitative estimate of drug-likeness (QED) is 0.544. The zero-order valence-corrected chi connectivity index (χ0v) is 5.97. The lowest BCUT2D eigenvalue weighted by Gasteiger charge is -2.33. The summed E-state index contributed by atoms with van der Waals surface area (Å²) in [5.74, 6) is 0.179. The SMILES string of the molecule is NC1(C(=O)N2CCC2)CC1. The van der Waals surface area contributed by atoms with Gasteiger partial charge in [-0.3, -0.25) is 4.79 Å².